The van der Waals surface area contributed by atoms with Crippen molar-refractivity contribution in [2.75, 3.05) is 6.54 Å². The molecule has 0 bridgehead atoms. The Morgan fingerprint density at radius 3 is 2.86 bits per heavy atom. The number of benzene rings is 2. The fourth-order valence-electron chi connectivity index (χ4n) is 3.17. The van der Waals surface area contributed by atoms with Crippen LogP contribution in [0.4, 0.5) is 0 Å². The van der Waals surface area contributed by atoms with Crippen molar-refractivity contribution in [2.45, 2.75) is 30.9 Å². The van der Waals surface area contributed by atoms with Crippen LogP contribution in [0.1, 0.15) is 23.5 Å². The van der Waals surface area contributed by atoms with Crippen molar-refractivity contribution in [1.29, 1.82) is 0 Å². The van der Waals surface area contributed by atoms with Crippen LogP contribution in [0.15, 0.2) is 48.5 Å². The van der Waals surface area contributed by atoms with Crippen LogP contribution in [0.2, 0.25) is 5.02 Å². The van der Waals surface area contributed by atoms with E-state index in [-0.39, 0.29) is 6.10 Å². The Morgan fingerprint density at radius 1 is 1.14 bits per heavy atom. The molecule has 108 valence electrons. The number of hydrogen-bond donors (Lipinski definition) is 1. The molecule has 0 radical (unpaired) electrons. The minimum atomic E-state index is 0.232. The van der Waals surface area contributed by atoms with Crippen LogP contribution in [0, 0.1) is 0 Å². The molecular weight excluding hydrogens is 282 g/mol. The van der Waals surface area contributed by atoms with Gasteiger partial charge in [0.05, 0.1) is 0 Å². The summed E-state index contributed by atoms with van der Waals surface area (Å²) >= 11 is 6.02. The molecule has 3 atom stereocenters. The minimum Gasteiger partial charge on any atom is -0.488 e. The molecule has 1 heterocycles. The molecule has 1 N–H and O–H groups in total. The molecule has 1 aliphatic heterocycles. The Bertz CT molecular complexity index is 643. The first-order valence-corrected chi connectivity index (χ1v) is 7.91. The molecule has 2 aliphatic rings. The number of fused-ring (bicyclic) bond motifs is 1. The average molecular weight is 300 g/mol. The molecule has 4 rings (SSSR count). The topological polar surface area (TPSA) is 21.3 Å². The molecule has 1 fully saturated rings. The molecule has 21 heavy (non-hydrogen) atoms. The number of halogens is 1. The molecule has 0 aromatic heterocycles. The van der Waals surface area contributed by atoms with Crippen molar-refractivity contribution < 1.29 is 4.74 Å². The van der Waals surface area contributed by atoms with Gasteiger partial charge in [-0.15, -0.1) is 0 Å². The van der Waals surface area contributed by atoms with Gasteiger partial charge in [-0.2, -0.15) is 0 Å². The quantitative estimate of drug-likeness (QED) is 0.927. The van der Waals surface area contributed by atoms with E-state index in [1.54, 1.807) is 0 Å². The second-order valence-electron chi connectivity index (χ2n) is 5.96. The molecule has 1 aliphatic carbocycles. The van der Waals surface area contributed by atoms with Crippen LogP contribution in [0.3, 0.4) is 0 Å². The largest absolute Gasteiger partial charge is 0.488 e. The summed E-state index contributed by atoms with van der Waals surface area (Å²) in [7, 11) is 0. The van der Waals surface area contributed by atoms with Gasteiger partial charge in [0.25, 0.3) is 0 Å². The highest BCUT2D eigenvalue weighted by atomic mass is 35.5. The number of nitrogens with one attached hydrogen (secondary N) is 1. The standard InChI is InChI=1S/C18H18ClNO/c19-14-6-7-18-13(8-14)9-15(21-18)11-20-17-10-16(17)12-4-2-1-3-5-12/h1-8,15-17,20H,9-11H2. The molecule has 0 saturated heterocycles. The Labute approximate surface area is 130 Å². The third-order valence-electron chi connectivity index (χ3n) is 4.39. The molecule has 1 saturated carbocycles. The monoisotopic (exact) mass is 299 g/mol. The molecule has 0 amide bonds. The van der Waals surface area contributed by atoms with Crippen LogP contribution >= 0.6 is 11.6 Å². The highest BCUT2D eigenvalue weighted by molar-refractivity contribution is 6.30. The maximum Gasteiger partial charge on any atom is 0.123 e. The summed E-state index contributed by atoms with van der Waals surface area (Å²) in [5.41, 5.74) is 2.67. The SMILES string of the molecule is Clc1ccc2c(c1)CC(CNC1CC1c1ccccc1)O2. The first kappa shape index (κ1) is 13.2. The first-order valence-electron chi connectivity index (χ1n) is 7.53. The average Bonchev–Trinajstić information content (AvgIpc) is 3.18. The number of hydrogen-bond acceptors (Lipinski definition) is 2. The summed E-state index contributed by atoms with van der Waals surface area (Å²) in [6.45, 7) is 0.903. The normalized spacial score (nSPS) is 26.2. The van der Waals surface area contributed by atoms with Gasteiger partial charge in [-0.25, -0.2) is 0 Å². The van der Waals surface area contributed by atoms with E-state index in [9.17, 15) is 0 Å². The number of ether oxygens (including phenoxy) is 1. The van der Waals surface area contributed by atoms with Crippen LogP contribution in [0.5, 0.6) is 5.75 Å². The lowest BCUT2D eigenvalue weighted by Crippen LogP contribution is -2.32. The minimum absolute atomic E-state index is 0.232. The molecule has 2 nitrogen and oxygen atoms in total. The summed E-state index contributed by atoms with van der Waals surface area (Å²) in [4.78, 5) is 0. The highest BCUT2D eigenvalue weighted by Gasteiger charge is 2.38. The van der Waals surface area contributed by atoms with Crippen molar-refractivity contribution >= 4 is 11.6 Å². The summed E-state index contributed by atoms with van der Waals surface area (Å²) in [5.74, 6) is 1.66. The van der Waals surface area contributed by atoms with Gasteiger partial charge in [0.15, 0.2) is 0 Å². The first-order chi connectivity index (χ1) is 10.3. The van der Waals surface area contributed by atoms with E-state index in [0.717, 1.165) is 23.7 Å². The number of rotatable bonds is 4. The maximum atomic E-state index is 6.02. The predicted molar refractivity (Wildman–Crippen MR) is 85.2 cm³/mol. The second-order valence-corrected chi connectivity index (χ2v) is 6.40. The third-order valence-corrected chi connectivity index (χ3v) is 4.62. The van der Waals surface area contributed by atoms with Gasteiger partial charge in [-0.1, -0.05) is 41.9 Å². The van der Waals surface area contributed by atoms with Crippen LogP contribution in [-0.4, -0.2) is 18.7 Å². The van der Waals surface area contributed by atoms with Gasteiger partial charge in [-0.3, -0.25) is 0 Å². The Hall–Kier alpha value is -1.51. The zero-order chi connectivity index (χ0) is 14.2. The smallest absolute Gasteiger partial charge is 0.123 e. The zero-order valence-corrected chi connectivity index (χ0v) is 12.5. The van der Waals surface area contributed by atoms with Crippen molar-refractivity contribution in [3.8, 4) is 5.75 Å². The van der Waals surface area contributed by atoms with Gasteiger partial charge >= 0.3 is 0 Å². The second kappa shape index (κ2) is 5.36. The fraction of sp³-hybridized carbons (Fsp3) is 0.333. The molecule has 2 aromatic carbocycles. The van der Waals surface area contributed by atoms with Gasteiger partial charge in [0, 0.05) is 29.9 Å². The Morgan fingerprint density at radius 2 is 2.00 bits per heavy atom. The summed E-state index contributed by atoms with van der Waals surface area (Å²) < 4.78 is 5.96. The summed E-state index contributed by atoms with van der Waals surface area (Å²) in [6, 6.07) is 17.2. The van der Waals surface area contributed by atoms with E-state index >= 15 is 0 Å². The Kier molecular flexibility index (Phi) is 3.36. The third kappa shape index (κ3) is 2.78. The lowest BCUT2D eigenvalue weighted by Gasteiger charge is -2.11. The zero-order valence-electron chi connectivity index (χ0n) is 11.8. The van der Waals surface area contributed by atoms with E-state index < -0.39 is 0 Å². The lowest BCUT2D eigenvalue weighted by molar-refractivity contribution is 0.227. The van der Waals surface area contributed by atoms with E-state index in [1.807, 2.05) is 18.2 Å². The van der Waals surface area contributed by atoms with Crippen LogP contribution < -0.4 is 10.1 Å². The van der Waals surface area contributed by atoms with Gasteiger partial charge in [0.2, 0.25) is 0 Å². The van der Waals surface area contributed by atoms with Gasteiger partial charge in [0.1, 0.15) is 11.9 Å². The van der Waals surface area contributed by atoms with Gasteiger partial charge < -0.3 is 10.1 Å². The van der Waals surface area contributed by atoms with Crippen molar-refractivity contribution in [3.05, 3.63) is 64.7 Å². The van der Waals surface area contributed by atoms with Crippen LogP contribution in [0.25, 0.3) is 0 Å². The van der Waals surface area contributed by atoms with Gasteiger partial charge in [-0.05, 0) is 35.7 Å². The maximum absolute atomic E-state index is 6.02. The molecule has 3 heteroatoms. The molecular formula is C18H18ClNO. The molecule has 2 aromatic rings. The predicted octanol–water partition coefficient (Wildman–Crippen LogP) is 3.79. The van der Waals surface area contributed by atoms with Crippen molar-refractivity contribution in [2.24, 2.45) is 0 Å². The van der Waals surface area contributed by atoms with Crippen LogP contribution in [-0.2, 0) is 6.42 Å². The van der Waals surface area contributed by atoms with Crippen molar-refractivity contribution in [1.82, 2.24) is 5.32 Å². The van der Waals surface area contributed by atoms with E-state index in [2.05, 4.69) is 35.6 Å². The van der Waals surface area contributed by atoms with Crippen molar-refractivity contribution in [3.63, 3.8) is 0 Å². The highest BCUT2D eigenvalue weighted by Crippen LogP contribution is 2.40. The Balaban J connectivity index is 1.30. The van der Waals surface area contributed by atoms with E-state index in [0.29, 0.717) is 12.0 Å². The summed E-state index contributed by atoms with van der Waals surface area (Å²) in [6.07, 6.45) is 2.41. The summed E-state index contributed by atoms with van der Waals surface area (Å²) in [5, 5.41) is 4.43. The fourth-order valence-corrected chi connectivity index (χ4v) is 3.37. The molecule has 3 unspecified atom stereocenters. The van der Waals surface area contributed by atoms with E-state index in [1.165, 1.54) is 17.5 Å². The lowest BCUT2D eigenvalue weighted by atomic mass is 10.1. The molecule has 0 spiro atoms. The van der Waals surface area contributed by atoms with E-state index in [4.69, 9.17) is 16.3 Å².